The summed E-state index contributed by atoms with van der Waals surface area (Å²) in [7, 11) is -5.03. The molecule has 0 aliphatic heterocycles. The van der Waals surface area contributed by atoms with Gasteiger partial charge in [0.2, 0.25) is 26.0 Å². The fourth-order valence-corrected chi connectivity index (χ4v) is 6.82. The predicted molar refractivity (Wildman–Crippen MR) is 135 cm³/mol. The minimum absolute atomic E-state index is 0.00877. The van der Waals surface area contributed by atoms with Gasteiger partial charge in [0, 0.05) is 11.7 Å². The minimum Gasteiger partial charge on any atom is -0.495 e. The van der Waals surface area contributed by atoms with Gasteiger partial charge in [-0.2, -0.15) is 4.31 Å². The number of rotatable bonds is 9. The summed E-state index contributed by atoms with van der Waals surface area (Å²) in [4.78, 5) is 13.0. The van der Waals surface area contributed by atoms with Crippen molar-refractivity contribution in [2.24, 2.45) is 0 Å². The number of nitrogens with one attached hydrogen (secondary N) is 2. The van der Waals surface area contributed by atoms with E-state index in [1.54, 1.807) is 13.0 Å². The van der Waals surface area contributed by atoms with E-state index < -0.39 is 32.5 Å². The Kier molecular flexibility index (Phi) is 8.81. The standard InChI is InChI=1S/C23H30ClN3O6S2/c1-16-9-10-18(34(29,30)25-2)14-21(16)26-23(28)15-27(17-7-5-4-6-8-17)35(31,32)19-11-12-22(33-3)20(24)13-19/h9-14,17,25H,4-8,15H2,1-3H3,(H,26,28). The molecule has 0 aromatic heterocycles. The zero-order valence-electron chi connectivity index (χ0n) is 19.9. The molecule has 35 heavy (non-hydrogen) atoms. The van der Waals surface area contributed by atoms with Gasteiger partial charge in [0.15, 0.2) is 0 Å². The lowest BCUT2D eigenvalue weighted by atomic mass is 9.95. The molecule has 2 aromatic carbocycles. The van der Waals surface area contributed by atoms with Gasteiger partial charge in [-0.05, 0) is 62.7 Å². The number of hydrogen-bond donors (Lipinski definition) is 2. The Labute approximate surface area is 211 Å². The molecule has 3 rings (SSSR count). The number of sulfonamides is 2. The SMILES string of the molecule is CNS(=O)(=O)c1ccc(C)c(NC(=O)CN(C2CCCCC2)S(=O)(=O)c2ccc(OC)c(Cl)c2)c1. The van der Waals surface area contributed by atoms with E-state index in [9.17, 15) is 21.6 Å². The number of carbonyl (C=O) groups excluding carboxylic acids is 1. The molecule has 0 saturated heterocycles. The van der Waals surface area contributed by atoms with E-state index >= 15 is 0 Å². The summed E-state index contributed by atoms with van der Waals surface area (Å²) in [6, 6.07) is 8.23. The van der Waals surface area contributed by atoms with Crippen LogP contribution in [-0.4, -0.2) is 53.8 Å². The summed E-state index contributed by atoms with van der Waals surface area (Å²) < 4.78 is 60.2. The second-order valence-corrected chi connectivity index (χ2v) is 12.6. The molecule has 192 valence electrons. The van der Waals surface area contributed by atoms with Gasteiger partial charge in [0.05, 0.1) is 28.5 Å². The van der Waals surface area contributed by atoms with Gasteiger partial charge in [0.25, 0.3) is 0 Å². The smallest absolute Gasteiger partial charge is 0.243 e. The first-order chi connectivity index (χ1) is 16.5. The fourth-order valence-electron chi connectivity index (χ4n) is 4.07. The van der Waals surface area contributed by atoms with E-state index in [1.165, 1.54) is 48.8 Å². The lowest BCUT2D eigenvalue weighted by Crippen LogP contribution is -2.45. The largest absolute Gasteiger partial charge is 0.495 e. The number of anilines is 1. The summed E-state index contributed by atoms with van der Waals surface area (Å²) in [6.45, 7) is 1.31. The molecule has 0 radical (unpaired) electrons. The molecule has 1 aliphatic rings. The van der Waals surface area contributed by atoms with Gasteiger partial charge in [-0.15, -0.1) is 0 Å². The maximum atomic E-state index is 13.6. The third-order valence-corrected chi connectivity index (χ3v) is 9.68. The topological polar surface area (TPSA) is 122 Å². The molecule has 0 bridgehead atoms. The van der Waals surface area contributed by atoms with Gasteiger partial charge in [0.1, 0.15) is 5.75 Å². The molecule has 1 aliphatic carbocycles. The summed E-state index contributed by atoms with van der Waals surface area (Å²) in [6.07, 6.45) is 4.03. The Balaban J connectivity index is 1.91. The minimum atomic E-state index is -4.05. The van der Waals surface area contributed by atoms with E-state index in [0.29, 0.717) is 29.8 Å². The first kappa shape index (κ1) is 27.4. The number of benzene rings is 2. The highest BCUT2D eigenvalue weighted by Crippen LogP contribution is 2.32. The predicted octanol–water partition coefficient (Wildman–Crippen LogP) is 3.53. The van der Waals surface area contributed by atoms with Crippen molar-refractivity contribution < 1.29 is 26.4 Å². The summed E-state index contributed by atoms with van der Waals surface area (Å²) in [5.74, 6) is -0.222. The van der Waals surface area contributed by atoms with Crippen molar-refractivity contribution in [1.29, 1.82) is 0 Å². The number of aryl methyl sites for hydroxylation is 1. The number of nitrogens with zero attached hydrogens (tertiary/aromatic N) is 1. The normalized spacial score (nSPS) is 15.2. The van der Waals surface area contributed by atoms with E-state index in [1.807, 2.05) is 0 Å². The van der Waals surface area contributed by atoms with Crippen LogP contribution in [0.4, 0.5) is 5.69 Å². The van der Waals surface area contributed by atoms with Crippen LogP contribution in [0.5, 0.6) is 5.75 Å². The van der Waals surface area contributed by atoms with Crippen molar-refractivity contribution in [2.45, 2.75) is 54.9 Å². The second-order valence-electron chi connectivity index (χ2n) is 8.37. The molecule has 2 aromatic rings. The molecule has 1 amide bonds. The van der Waals surface area contributed by atoms with Crippen LogP contribution >= 0.6 is 11.6 Å². The molecule has 9 nitrogen and oxygen atoms in total. The van der Waals surface area contributed by atoms with E-state index in [4.69, 9.17) is 16.3 Å². The van der Waals surface area contributed by atoms with Crippen molar-refractivity contribution in [3.63, 3.8) is 0 Å². The zero-order chi connectivity index (χ0) is 25.8. The number of methoxy groups -OCH3 is 1. The highest BCUT2D eigenvalue weighted by Gasteiger charge is 2.34. The van der Waals surface area contributed by atoms with E-state index in [-0.39, 0.29) is 20.9 Å². The van der Waals surface area contributed by atoms with Gasteiger partial charge in [-0.1, -0.05) is 36.9 Å². The molecular weight excluding hydrogens is 514 g/mol. The molecule has 0 heterocycles. The average Bonchev–Trinajstić information content (AvgIpc) is 2.84. The van der Waals surface area contributed by atoms with Gasteiger partial charge in [-0.3, -0.25) is 4.79 Å². The molecule has 1 saturated carbocycles. The molecule has 0 spiro atoms. The van der Waals surface area contributed by atoms with Crippen molar-refractivity contribution in [2.75, 3.05) is 26.0 Å². The Bertz CT molecular complexity index is 1290. The van der Waals surface area contributed by atoms with Crippen molar-refractivity contribution in [3.05, 3.63) is 47.0 Å². The van der Waals surface area contributed by atoms with Crippen LogP contribution < -0.4 is 14.8 Å². The zero-order valence-corrected chi connectivity index (χ0v) is 22.3. The molecule has 2 N–H and O–H groups in total. The van der Waals surface area contributed by atoms with Crippen molar-refractivity contribution >= 4 is 43.2 Å². The van der Waals surface area contributed by atoms with Crippen LogP contribution in [0.25, 0.3) is 0 Å². The lowest BCUT2D eigenvalue weighted by molar-refractivity contribution is -0.116. The lowest BCUT2D eigenvalue weighted by Gasteiger charge is -2.33. The summed E-state index contributed by atoms with van der Waals surface area (Å²) >= 11 is 6.18. The number of carbonyl (C=O) groups is 1. The van der Waals surface area contributed by atoms with Crippen LogP contribution in [0.1, 0.15) is 37.7 Å². The average molecular weight is 544 g/mol. The highest BCUT2D eigenvalue weighted by atomic mass is 35.5. The van der Waals surface area contributed by atoms with Gasteiger partial charge in [-0.25, -0.2) is 21.6 Å². The van der Waals surface area contributed by atoms with Gasteiger partial charge >= 0.3 is 0 Å². The van der Waals surface area contributed by atoms with Crippen molar-refractivity contribution in [1.82, 2.24) is 9.03 Å². The number of hydrogen-bond acceptors (Lipinski definition) is 6. The van der Waals surface area contributed by atoms with Crippen LogP contribution in [0.15, 0.2) is 46.2 Å². The molecular formula is C23H30ClN3O6S2. The van der Waals surface area contributed by atoms with E-state index in [0.717, 1.165) is 19.3 Å². The van der Waals surface area contributed by atoms with Crippen LogP contribution in [0, 0.1) is 6.92 Å². The number of ether oxygens (including phenoxy) is 1. The van der Waals surface area contributed by atoms with Crippen LogP contribution in [0.3, 0.4) is 0 Å². The fraction of sp³-hybridized carbons (Fsp3) is 0.435. The maximum absolute atomic E-state index is 13.6. The van der Waals surface area contributed by atoms with Gasteiger partial charge < -0.3 is 10.1 Å². The Morgan fingerprint density at radius 2 is 1.71 bits per heavy atom. The first-order valence-electron chi connectivity index (χ1n) is 11.2. The Morgan fingerprint density at radius 1 is 1.06 bits per heavy atom. The molecule has 1 fully saturated rings. The summed E-state index contributed by atoms with van der Waals surface area (Å²) in [5.41, 5.74) is 0.933. The van der Waals surface area contributed by atoms with Crippen molar-refractivity contribution in [3.8, 4) is 5.75 Å². The third-order valence-electron chi connectivity index (χ3n) is 6.07. The Hall–Kier alpha value is -2.18. The number of amides is 1. The second kappa shape index (κ2) is 11.3. The monoisotopic (exact) mass is 543 g/mol. The molecule has 0 atom stereocenters. The van der Waals surface area contributed by atoms with Crippen LogP contribution in [-0.2, 0) is 24.8 Å². The third kappa shape index (κ3) is 6.34. The Morgan fingerprint density at radius 3 is 2.31 bits per heavy atom. The number of halogens is 1. The van der Waals surface area contributed by atoms with Crippen LogP contribution in [0.2, 0.25) is 5.02 Å². The highest BCUT2D eigenvalue weighted by molar-refractivity contribution is 7.89. The maximum Gasteiger partial charge on any atom is 0.243 e. The first-order valence-corrected chi connectivity index (χ1v) is 14.5. The quantitative estimate of drug-likeness (QED) is 0.499. The summed E-state index contributed by atoms with van der Waals surface area (Å²) in [5, 5.41) is 2.84. The molecule has 0 unspecified atom stereocenters. The van der Waals surface area contributed by atoms with E-state index in [2.05, 4.69) is 10.0 Å². The molecule has 12 heteroatoms.